The van der Waals surface area contributed by atoms with Crippen molar-refractivity contribution in [1.82, 2.24) is 14.6 Å². The topological polar surface area (TPSA) is 76.4 Å². The third kappa shape index (κ3) is 3.65. The second-order valence-corrected chi connectivity index (χ2v) is 7.83. The molecule has 6 nitrogen and oxygen atoms in total. The number of halogens is 3. The summed E-state index contributed by atoms with van der Waals surface area (Å²) in [5.74, 6) is -0.878. The van der Waals surface area contributed by atoms with Gasteiger partial charge in [-0.2, -0.15) is 18.3 Å². The van der Waals surface area contributed by atoms with E-state index in [1.807, 2.05) is 12.1 Å². The summed E-state index contributed by atoms with van der Waals surface area (Å²) in [5.41, 5.74) is 1.44. The number of nitrogens with one attached hydrogen (secondary N) is 1. The SMILES string of the molecule is CC(=O)c1cccc(NC(=O)c2cc3nc4c(c(C(F)(F)F)n3n2)CCc2ccccc2-4)c1. The number of amides is 1. The highest BCUT2D eigenvalue weighted by Crippen LogP contribution is 2.40. The summed E-state index contributed by atoms with van der Waals surface area (Å²) in [4.78, 5) is 28.8. The summed E-state index contributed by atoms with van der Waals surface area (Å²) in [7, 11) is 0. The largest absolute Gasteiger partial charge is 0.433 e. The van der Waals surface area contributed by atoms with Gasteiger partial charge < -0.3 is 5.32 Å². The molecule has 2 aromatic carbocycles. The van der Waals surface area contributed by atoms with Crippen LogP contribution < -0.4 is 5.32 Å². The molecule has 2 heterocycles. The summed E-state index contributed by atoms with van der Waals surface area (Å²) >= 11 is 0. The van der Waals surface area contributed by atoms with Crippen LogP contribution >= 0.6 is 0 Å². The standard InChI is InChI=1S/C24H17F3N4O2/c1-13(32)15-6-4-7-16(11-15)28-23(33)19-12-20-29-21-17-8-3-2-5-14(17)9-10-18(21)22(24(25,26)27)31(20)30-19/h2-8,11-12H,9-10H2,1H3,(H,28,33). The lowest BCUT2D eigenvalue weighted by atomic mass is 9.88. The third-order valence-corrected chi connectivity index (χ3v) is 5.65. The monoisotopic (exact) mass is 450 g/mol. The van der Waals surface area contributed by atoms with Crippen LogP contribution in [0.25, 0.3) is 16.9 Å². The molecule has 0 atom stereocenters. The molecule has 166 valence electrons. The zero-order valence-corrected chi connectivity index (χ0v) is 17.4. The molecule has 0 radical (unpaired) electrons. The van der Waals surface area contributed by atoms with Crippen LogP contribution in [0, 0.1) is 0 Å². The molecular weight excluding hydrogens is 433 g/mol. The number of Topliss-reactive ketones (excluding diaryl/α,β-unsaturated/α-hetero) is 1. The molecule has 1 N–H and O–H groups in total. The molecule has 0 fully saturated rings. The molecule has 0 saturated carbocycles. The van der Waals surface area contributed by atoms with Crippen LogP contribution in [0.1, 0.15) is 44.6 Å². The molecule has 5 rings (SSSR count). The number of hydrogen-bond donors (Lipinski definition) is 1. The van der Waals surface area contributed by atoms with Gasteiger partial charge >= 0.3 is 6.18 Å². The number of anilines is 1. The van der Waals surface area contributed by atoms with Crippen molar-refractivity contribution in [2.24, 2.45) is 0 Å². The smallest absolute Gasteiger partial charge is 0.321 e. The number of nitrogens with zero attached hydrogens (tertiary/aromatic N) is 3. The maximum atomic E-state index is 14.1. The number of rotatable bonds is 3. The summed E-state index contributed by atoms with van der Waals surface area (Å²) < 4.78 is 43.1. The van der Waals surface area contributed by atoms with Crippen LogP contribution in [0.15, 0.2) is 54.6 Å². The molecular formula is C24H17F3N4O2. The normalized spacial score (nSPS) is 12.8. The number of alkyl halides is 3. The second kappa shape index (κ2) is 7.54. The second-order valence-electron chi connectivity index (χ2n) is 7.83. The molecule has 0 bridgehead atoms. The van der Waals surface area contributed by atoms with E-state index in [4.69, 9.17) is 0 Å². The van der Waals surface area contributed by atoms with E-state index in [9.17, 15) is 22.8 Å². The number of carbonyl (C=O) groups excluding carboxylic acids is 2. The van der Waals surface area contributed by atoms with E-state index in [2.05, 4.69) is 15.4 Å². The molecule has 1 amide bonds. The van der Waals surface area contributed by atoms with E-state index in [0.717, 1.165) is 5.56 Å². The van der Waals surface area contributed by atoms with Crippen molar-refractivity contribution in [2.45, 2.75) is 25.9 Å². The van der Waals surface area contributed by atoms with Crippen LogP contribution in [0.4, 0.5) is 18.9 Å². The number of aromatic nitrogens is 3. The van der Waals surface area contributed by atoms with E-state index in [1.54, 1.807) is 30.3 Å². The van der Waals surface area contributed by atoms with Crippen molar-refractivity contribution in [3.63, 3.8) is 0 Å². The molecule has 1 aliphatic rings. The Morgan fingerprint density at radius 3 is 2.58 bits per heavy atom. The van der Waals surface area contributed by atoms with Gasteiger partial charge in [-0.1, -0.05) is 36.4 Å². The van der Waals surface area contributed by atoms with Gasteiger partial charge in [0.05, 0.1) is 5.69 Å². The molecule has 1 aliphatic carbocycles. The zero-order chi connectivity index (χ0) is 23.3. The van der Waals surface area contributed by atoms with Gasteiger partial charge in [0.25, 0.3) is 5.91 Å². The Morgan fingerprint density at radius 2 is 1.82 bits per heavy atom. The lowest BCUT2D eigenvalue weighted by Gasteiger charge is -2.23. The van der Waals surface area contributed by atoms with Crippen molar-refractivity contribution >= 4 is 23.0 Å². The molecule has 4 aromatic rings. The molecule has 0 spiro atoms. The minimum atomic E-state index is -4.69. The fraction of sp³-hybridized carbons (Fsp3) is 0.167. The number of ketones is 1. The fourth-order valence-electron chi connectivity index (χ4n) is 4.14. The molecule has 9 heteroatoms. The Bertz CT molecular complexity index is 1440. The Labute approximate surface area is 186 Å². The van der Waals surface area contributed by atoms with Gasteiger partial charge in [-0.25, -0.2) is 9.50 Å². The van der Waals surface area contributed by atoms with Gasteiger partial charge in [-0.15, -0.1) is 0 Å². The van der Waals surface area contributed by atoms with Crippen molar-refractivity contribution < 1.29 is 22.8 Å². The highest BCUT2D eigenvalue weighted by molar-refractivity contribution is 6.04. The molecule has 0 saturated heterocycles. The molecule has 33 heavy (non-hydrogen) atoms. The highest BCUT2D eigenvalue weighted by Gasteiger charge is 2.40. The summed E-state index contributed by atoms with van der Waals surface area (Å²) in [6, 6.07) is 14.7. The first-order chi connectivity index (χ1) is 15.7. The van der Waals surface area contributed by atoms with Gasteiger partial charge in [-0.05, 0) is 37.5 Å². The first-order valence-corrected chi connectivity index (χ1v) is 10.2. The van der Waals surface area contributed by atoms with Crippen LogP contribution in [0.2, 0.25) is 0 Å². The number of hydrogen-bond acceptors (Lipinski definition) is 4. The van der Waals surface area contributed by atoms with E-state index >= 15 is 0 Å². The number of fused-ring (bicyclic) bond motifs is 4. The van der Waals surface area contributed by atoms with Crippen LogP contribution in [-0.2, 0) is 19.0 Å². The minimum Gasteiger partial charge on any atom is -0.321 e. The minimum absolute atomic E-state index is 0.0675. The lowest BCUT2D eigenvalue weighted by Crippen LogP contribution is -2.21. The average Bonchev–Trinajstić information content (AvgIpc) is 3.20. The molecule has 0 aliphatic heterocycles. The van der Waals surface area contributed by atoms with E-state index in [-0.39, 0.29) is 34.8 Å². The fourth-order valence-corrected chi connectivity index (χ4v) is 4.14. The summed E-state index contributed by atoms with van der Waals surface area (Å²) in [6.45, 7) is 1.40. The van der Waals surface area contributed by atoms with Crippen molar-refractivity contribution in [2.75, 3.05) is 5.32 Å². The quantitative estimate of drug-likeness (QED) is 0.447. The first kappa shape index (κ1) is 20.9. The predicted octanol–water partition coefficient (Wildman–Crippen LogP) is 4.97. The Kier molecular flexibility index (Phi) is 4.77. The van der Waals surface area contributed by atoms with Crippen molar-refractivity contribution in [1.29, 1.82) is 0 Å². The van der Waals surface area contributed by atoms with Crippen LogP contribution in [0.3, 0.4) is 0 Å². The number of aryl methyl sites for hydroxylation is 1. The summed E-state index contributed by atoms with van der Waals surface area (Å²) in [6.07, 6.45) is -4.06. The number of carbonyl (C=O) groups is 2. The molecule has 0 unspecified atom stereocenters. The van der Waals surface area contributed by atoms with Gasteiger partial charge in [0, 0.05) is 28.4 Å². The Hall–Kier alpha value is -4.01. The van der Waals surface area contributed by atoms with Gasteiger partial charge in [-0.3, -0.25) is 9.59 Å². The Morgan fingerprint density at radius 1 is 1.03 bits per heavy atom. The van der Waals surface area contributed by atoms with Crippen LogP contribution in [0.5, 0.6) is 0 Å². The van der Waals surface area contributed by atoms with Crippen LogP contribution in [-0.4, -0.2) is 26.3 Å². The van der Waals surface area contributed by atoms with Crippen molar-refractivity contribution in [3.05, 3.63) is 82.7 Å². The lowest BCUT2D eigenvalue weighted by molar-refractivity contribution is -0.143. The molecule has 2 aromatic heterocycles. The maximum absolute atomic E-state index is 14.1. The third-order valence-electron chi connectivity index (χ3n) is 5.65. The van der Waals surface area contributed by atoms with E-state index in [0.29, 0.717) is 27.8 Å². The van der Waals surface area contributed by atoms with Gasteiger partial charge in [0.1, 0.15) is 0 Å². The first-order valence-electron chi connectivity index (χ1n) is 10.2. The highest BCUT2D eigenvalue weighted by atomic mass is 19.4. The predicted molar refractivity (Wildman–Crippen MR) is 115 cm³/mol. The summed E-state index contributed by atoms with van der Waals surface area (Å²) in [5, 5.41) is 6.53. The van der Waals surface area contributed by atoms with Gasteiger partial charge in [0.15, 0.2) is 22.8 Å². The zero-order valence-electron chi connectivity index (χ0n) is 17.4. The van der Waals surface area contributed by atoms with E-state index in [1.165, 1.54) is 19.1 Å². The van der Waals surface area contributed by atoms with E-state index < -0.39 is 17.8 Å². The average molecular weight is 450 g/mol. The number of benzene rings is 2. The Balaban J connectivity index is 1.62. The van der Waals surface area contributed by atoms with Crippen molar-refractivity contribution in [3.8, 4) is 11.3 Å². The van der Waals surface area contributed by atoms with Gasteiger partial charge in [0.2, 0.25) is 0 Å². The maximum Gasteiger partial charge on any atom is 0.433 e.